The molecule has 15 atom stereocenters. The summed E-state index contributed by atoms with van der Waals surface area (Å²) in [7, 11) is 0. The van der Waals surface area contributed by atoms with Crippen molar-refractivity contribution in [1.29, 1.82) is 32.5 Å². The highest BCUT2D eigenvalue weighted by atomic mass is 16.2. The maximum Gasteiger partial charge on any atom is 0.243 e. The Morgan fingerprint density at radius 1 is 0.248 bits per heavy atom. The summed E-state index contributed by atoms with van der Waals surface area (Å²) in [5, 5.41) is 105. The number of imidazole rings is 1. The molecule has 0 aromatic carbocycles. The van der Waals surface area contributed by atoms with Gasteiger partial charge in [-0.2, -0.15) is 0 Å². The van der Waals surface area contributed by atoms with E-state index in [4.69, 9.17) is 78.3 Å². The molecule has 0 saturated carbocycles. The molecule has 0 bridgehead atoms. The second kappa shape index (κ2) is 71.4. The quantitative estimate of drug-likeness (QED) is 0.0164. The van der Waals surface area contributed by atoms with Gasteiger partial charge in [-0.1, -0.05) is 111 Å². The van der Waals surface area contributed by atoms with E-state index in [2.05, 4.69) is 127 Å². The number of aromatic nitrogens is 2. The van der Waals surface area contributed by atoms with Crippen molar-refractivity contribution in [3.8, 4) is 0 Å². The van der Waals surface area contributed by atoms with E-state index in [1.165, 1.54) is 12.5 Å². The molecule has 1 aromatic rings. The molecular formula is C94H176N38O17. The topological polar surface area (TPSA) is 935 Å². The van der Waals surface area contributed by atoms with Crippen LogP contribution in [0.1, 0.15) is 245 Å². The van der Waals surface area contributed by atoms with Crippen LogP contribution in [0.25, 0.3) is 0 Å². The lowest BCUT2D eigenvalue weighted by Gasteiger charge is -2.30. The normalized spacial score (nSPS) is 14.3. The average molecular weight is 2110 g/mol. The molecule has 1 heterocycles. The van der Waals surface area contributed by atoms with Crippen molar-refractivity contribution in [1.82, 2.24) is 127 Å². The number of aromatic amines is 1. The highest BCUT2D eigenvalue weighted by molar-refractivity contribution is 6.01. The number of carbonyl (C=O) groups is 17. The van der Waals surface area contributed by atoms with Gasteiger partial charge in [-0.3, -0.25) is 114 Å². The summed E-state index contributed by atoms with van der Waals surface area (Å²) in [6.07, 6.45) is 2.74. The number of primary amides is 1. The Bertz CT molecular complexity index is 4480. The Morgan fingerprint density at radius 2 is 0.430 bits per heavy atom. The number of nitrogens with two attached hydrogens (primary N) is 8. The van der Waals surface area contributed by atoms with E-state index in [-0.39, 0.29) is 239 Å². The zero-order valence-electron chi connectivity index (χ0n) is 89.4. The van der Waals surface area contributed by atoms with Crippen LogP contribution in [-0.4, -0.2) is 289 Å². The molecule has 844 valence electrons. The van der Waals surface area contributed by atoms with Crippen LogP contribution in [0.15, 0.2) is 12.5 Å². The van der Waals surface area contributed by atoms with Gasteiger partial charge >= 0.3 is 0 Å². The number of nitrogens with one attached hydrogen (secondary N) is 29. The van der Waals surface area contributed by atoms with Crippen LogP contribution in [0, 0.1) is 79.8 Å². The maximum absolute atomic E-state index is 15.2. The molecule has 0 spiro atoms. The number of guanidine groups is 6. The van der Waals surface area contributed by atoms with Crippen molar-refractivity contribution in [2.45, 2.75) is 336 Å². The molecule has 0 aliphatic carbocycles. The second-order valence-electron chi connectivity index (χ2n) is 40.6. The Kier molecular flexibility index (Phi) is 63.6. The number of hydrogen-bond donors (Lipinski definition) is 37. The van der Waals surface area contributed by atoms with E-state index in [1.54, 1.807) is 111 Å². The van der Waals surface area contributed by atoms with Gasteiger partial charge in [0.25, 0.3) is 0 Å². The second-order valence-corrected chi connectivity index (χ2v) is 40.6. The fourth-order valence-corrected chi connectivity index (χ4v) is 15.5. The molecule has 17 amide bonds. The van der Waals surface area contributed by atoms with Crippen LogP contribution < -0.4 is 163 Å². The molecule has 1 aromatic heterocycles. The van der Waals surface area contributed by atoms with Crippen LogP contribution in [0.3, 0.4) is 0 Å². The van der Waals surface area contributed by atoms with Crippen molar-refractivity contribution in [3.05, 3.63) is 18.2 Å². The molecule has 1 rings (SSSR count). The minimum Gasteiger partial charge on any atom is -0.370 e. The number of nitrogens with zero attached hydrogens (tertiary/aromatic N) is 1. The van der Waals surface area contributed by atoms with Crippen LogP contribution in [-0.2, 0) is 87.9 Å². The fourth-order valence-electron chi connectivity index (χ4n) is 15.5. The van der Waals surface area contributed by atoms with Crippen molar-refractivity contribution >= 4 is 136 Å². The zero-order chi connectivity index (χ0) is 113. The maximum atomic E-state index is 15.2. The van der Waals surface area contributed by atoms with Gasteiger partial charge in [0.1, 0.15) is 84.6 Å². The standard InChI is InChI=1S/C94H176N38O17/c1-48(2)35-64(81(142)120-58(74(96)135)23-17-29-110-89(97)98)129-86(147)69(40-53(11)12)127-79(140)62(27-21-33-114-93(105)106)124-84(145)67(38-51(7)8)132-87(148)70(41-54(13)14)126-78(139)61(26-20-32-113-92(103)104)121-77(138)60(25-19-31-112-91(101)102)122-82(143)65(36-49(3)4)131-88(149)71(42-55(15)16)128-80(141)63(28-22-34-115-94(107)108)123-83(144)66(37-50(5)6)130-85(146)68(39-52(9)10)125-76(137)59(24-18-30-111-90(99)100)119-73(134)46-116-72(133)45-117-75(136)57(95)43-56-44-109-47-118-56/h44,47-55,57-71H,17-43,45-46,95H2,1-16H3,(H2,96,135)(H,109,118)(H,116,133)(H,117,136)(H,119,134)(H,120,142)(H,121,138)(H,122,143)(H,123,144)(H,124,145)(H,125,137)(H,126,139)(H,127,140)(H,128,141)(H,129,147)(H,130,146)(H,131,149)(H,132,148)(H4,97,98,110)(H4,99,100,111)(H4,101,102,112)(H4,103,104,113)(H4,105,106,114)(H4,107,108,115)/t57-,58-,59-,60-,61-,62-,63-,64-,65-,66-,67-,68-,69-,70-,71-/m0/s1. The van der Waals surface area contributed by atoms with Crippen LogP contribution in [0.2, 0.25) is 0 Å². The third kappa shape index (κ3) is 60.0. The van der Waals surface area contributed by atoms with Gasteiger partial charge in [-0.05, 0) is 176 Å². The van der Waals surface area contributed by atoms with Gasteiger partial charge in [0.15, 0.2) is 35.8 Å². The smallest absolute Gasteiger partial charge is 0.243 e. The van der Waals surface area contributed by atoms with Crippen LogP contribution in [0.5, 0.6) is 0 Å². The molecule has 45 N–H and O–H groups in total. The summed E-state index contributed by atoms with van der Waals surface area (Å²) >= 11 is 0. The molecule has 55 nitrogen and oxygen atoms in total. The molecule has 0 fully saturated rings. The first-order valence-electron chi connectivity index (χ1n) is 51.1. The zero-order valence-corrected chi connectivity index (χ0v) is 89.4. The number of hydrogen-bond acceptors (Lipinski definition) is 25. The van der Waals surface area contributed by atoms with Crippen molar-refractivity contribution in [2.24, 2.45) is 93.2 Å². The van der Waals surface area contributed by atoms with Gasteiger partial charge in [-0.25, -0.2) is 4.98 Å². The van der Waals surface area contributed by atoms with E-state index in [0.717, 1.165) is 0 Å². The first kappa shape index (κ1) is 133. The lowest BCUT2D eigenvalue weighted by atomic mass is 9.98. The largest absolute Gasteiger partial charge is 0.370 e. The first-order valence-corrected chi connectivity index (χ1v) is 51.1. The SMILES string of the molecule is CC(C)C[C@H](NC(=O)[C@H](CC(C)C)NC(=O)[C@H](CCCNC(=N)N)NC(=O)[C@H](CC(C)C)NC(=O)[C@H](CC(C)C)NC(=O)[C@H](CCCNC(=N)N)NC(=O)[C@H](CCCNC(=N)N)NC(=O)[C@H](CC(C)C)NC(=O)[C@H](CC(C)C)NC(=O)[C@H](CCCNC(=N)N)NC(=O)[C@H](CC(C)C)NC(=O)[C@H](CC(C)C)NC(=O)[C@H](CCCNC(=N)N)NC(=O)CNC(=O)CNC(=O)[C@@H](N)Cc1cnc[nH]1)C(=O)N[C@@H](CCCNC(=N)N)C(N)=O. The Hall–Kier alpha value is -14.2. The van der Waals surface area contributed by atoms with E-state index >= 15 is 28.8 Å². The number of amides is 17. The monoisotopic (exact) mass is 2110 g/mol. The van der Waals surface area contributed by atoms with E-state index in [0.29, 0.717) is 5.69 Å². The van der Waals surface area contributed by atoms with Crippen molar-refractivity contribution in [2.75, 3.05) is 52.4 Å². The summed E-state index contributed by atoms with van der Waals surface area (Å²) < 4.78 is 0. The highest BCUT2D eigenvalue weighted by Gasteiger charge is 2.40. The first-order chi connectivity index (χ1) is 69.8. The lowest BCUT2D eigenvalue weighted by molar-refractivity contribution is -0.137. The van der Waals surface area contributed by atoms with Gasteiger partial charge < -0.3 is 168 Å². The van der Waals surface area contributed by atoms with Gasteiger partial charge in [0.2, 0.25) is 100 Å². The molecule has 0 radical (unpaired) electrons. The van der Waals surface area contributed by atoms with E-state index in [1.807, 2.05) is 0 Å². The molecular weight excluding hydrogens is 1930 g/mol. The summed E-state index contributed by atoms with van der Waals surface area (Å²) in [4.78, 5) is 251. The summed E-state index contributed by atoms with van der Waals surface area (Å²) in [6, 6.07) is -20.7. The third-order valence-electron chi connectivity index (χ3n) is 22.7. The summed E-state index contributed by atoms with van der Waals surface area (Å²) in [5.74, 6) is -19.1. The highest BCUT2D eigenvalue weighted by Crippen LogP contribution is 2.19. The molecule has 149 heavy (non-hydrogen) atoms. The van der Waals surface area contributed by atoms with Crippen molar-refractivity contribution < 1.29 is 81.5 Å². The molecule has 0 aliphatic heterocycles. The van der Waals surface area contributed by atoms with Crippen LogP contribution >= 0.6 is 0 Å². The minimum absolute atomic E-state index is 0.00898. The lowest BCUT2D eigenvalue weighted by Crippen LogP contribution is -2.61. The van der Waals surface area contributed by atoms with Crippen molar-refractivity contribution in [3.63, 3.8) is 0 Å². The minimum atomic E-state index is -1.55. The Labute approximate surface area is 873 Å². The van der Waals surface area contributed by atoms with E-state index in [9.17, 15) is 52.7 Å². The summed E-state index contributed by atoms with van der Waals surface area (Å²) in [5.41, 5.74) is 45.7. The molecule has 0 aliphatic rings. The predicted octanol–water partition coefficient (Wildman–Crippen LogP) is -6.27. The third-order valence-corrected chi connectivity index (χ3v) is 22.7. The van der Waals surface area contributed by atoms with Gasteiger partial charge in [-0.15, -0.1) is 0 Å². The molecule has 0 unspecified atom stereocenters. The van der Waals surface area contributed by atoms with E-state index < -0.39 is 222 Å². The summed E-state index contributed by atoms with van der Waals surface area (Å²) in [6.45, 7) is 27.4. The fraction of sp³-hybridized carbons (Fsp3) is 0.723. The average Bonchev–Trinajstić information content (AvgIpc) is 1.14. The molecule has 55 heteroatoms. The van der Waals surface area contributed by atoms with Gasteiger partial charge in [0, 0.05) is 57.6 Å². The number of H-pyrrole nitrogens is 1. The van der Waals surface area contributed by atoms with Gasteiger partial charge in [0.05, 0.1) is 25.5 Å². The Morgan fingerprint density at radius 3 is 0.617 bits per heavy atom. The number of carbonyl (C=O) groups excluding carboxylic acids is 17. The number of rotatable bonds is 75. The van der Waals surface area contributed by atoms with Crippen LogP contribution in [0.4, 0.5) is 0 Å². The molecule has 0 saturated heterocycles. The Balaban J connectivity index is 3.95. The predicted molar refractivity (Wildman–Crippen MR) is 563 cm³/mol.